The fourth-order valence-corrected chi connectivity index (χ4v) is 4.58. The summed E-state index contributed by atoms with van der Waals surface area (Å²) in [5.74, 6) is 1.50. The fraction of sp³-hybridized carbons (Fsp3) is 0.0909. The van der Waals surface area contributed by atoms with Crippen LogP contribution in [0, 0.1) is 0 Å². The first-order valence-corrected chi connectivity index (χ1v) is 16.9. The molecular weight excluding hydrogens is 665 g/mol. The van der Waals surface area contributed by atoms with Gasteiger partial charge in [0.05, 0.1) is 6.04 Å². The zero-order valence-corrected chi connectivity index (χ0v) is 29.5. The van der Waals surface area contributed by atoms with Crippen molar-refractivity contribution >= 4 is 24.0 Å². The van der Waals surface area contributed by atoms with Crippen molar-refractivity contribution in [1.82, 2.24) is 15.3 Å². The maximum atomic E-state index is 12.1. The Morgan fingerprint density at radius 2 is 1.09 bits per heavy atom. The van der Waals surface area contributed by atoms with Crippen molar-refractivity contribution in [2.24, 2.45) is 5.73 Å². The molecule has 2 atom stereocenters. The number of aromatic nitrogens is 2. The second kappa shape index (κ2) is 21.4. The Kier molecular flexibility index (Phi) is 15.7. The summed E-state index contributed by atoms with van der Waals surface area (Å²) in [5.41, 5.74) is 9.70. The van der Waals surface area contributed by atoms with Crippen LogP contribution in [-0.2, 0) is 9.59 Å². The lowest BCUT2D eigenvalue weighted by Gasteiger charge is -2.14. The number of carbonyl (C=O) groups is 2. The molecule has 0 aliphatic rings. The average molecular weight is 707 g/mol. The molecule has 0 saturated heterocycles. The minimum Gasteiger partial charge on any atom is -0.478 e. The highest BCUT2D eigenvalue weighted by Gasteiger charge is 2.09. The smallest absolute Gasteiger partial charge is 0.328 e. The number of carboxylic acids is 1. The molecule has 1 amide bonds. The summed E-state index contributed by atoms with van der Waals surface area (Å²) in [5, 5.41) is 11.2. The molecule has 4 aromatic carbocycles. The van der Waals surface area contributed by atoms with Crippen LogP contribution in [0.1, 0.15) is 48.2 Å². The van der Waals surface area contributed by atoms with Gasteiger partial charge in [-0.1, -0.05) is 97.1 Å². The largest absolute Gasteiger partial charge is 0.478 e. The van der Waals surface area contributed by atoms with Gasteiger partial charge < -0.3 is 25.6 Å². The van der Waals surface area contributed by atoms with Crippen molar-refractivity contribution in [2.75, 3.05) is 0 Å². The average Bonchev–Trinajstić information content (AvgIpc) is 3.18. The maximum Gasteiger partial charge on any atom is 0.328 e. The van der Waals surface area contributed by atoms with Crippen LogP contribution in [-0.4, -0.2) is 27.0 Å². The summed E-state index contributed by atoms with van der Waals surface area (Å²) in [6, 6.07) is 45.3. The van der Waals surface area contributed by atoms with Gasteiger partial charge in [0, 0.05) is 42.7 Å². The molecule has 0 unspecified atom stereocenters. The molecule has 0 saturated carbocycles. The number of rotatable bonds is 11. The van der Waals surface area contributed by atoms with Gasteiger partial charge in [-0.05, 0) is 84.7 Å². The van der Waals surface area contributed by atoms with E-state index in [-0.39, 0.29) is 18.0 Å². The molecule has 6 aromatic rings. The molecule has 0 aliphatic heterocycles. The Hall–Kier alpha value is -6.84. The lowest BCUT2D eigenvalue weighted by Crippen LogP contribution is -2.24. The molecule has 0 radical (unpaired) electrons. The summed E-state index contributed by atoms with van der Waals surface area (Å²) in [7, 11) is 0. The summed E-state index contributed by atoms with van der Waals surface area (Å²) in [4.78, 5) is 30.5. The molecule has 0 aliphatic carbocycles. The van der Waals surface area contributed by atoms with Crippen molar-refractivity contribution in [1.29, 1.82) is 0 Å². The zero-order chi connectivity index (χ0) is 37.7. The molecule has 2 aromatic heterocycles. The number of pyridine rings is 2. The van der Waals surface area contributed by atoms with E-state index in [9.17, 15) is 9.59 Å². The summed E-state index contributed by atoms with van der Waals surface area (Å²) in [6.45, 7) is 3.88. The van der Waals surface area contributed by atoms with E-state index in [1.807, 2.05) is 153 Å². The first-order valence-electron chi connectivity index (χ1n) is 16.9. The van der Waals surface area contributed by atoms with Crippen LogP contribution >= 0.6 is 0 Å². The first-order chi connectivity index (χ1) is 25.7. The molecule has 268 valence electrons. The monoisotopic (exact) mass is 706 g/mol. The molecule has 9 heteroatoms. The Morgan fingerprint density at radius 1 is 0.623 bits per heavy atom. The normalized spacial score (nSPS) is 11.6. The molecule has 0 bridgehead atoms. The van der Waals surface area contributed by atoms with E-state index in [1.54, 1.807) is 36.7 Å². The Balaban J connectivity index is 0.000000197. The zero-order valence-electron chi connectivity index (χ0n) is 29.5. The van der Waals surface area contributed by atoms with E-state index in [1.165, 1.54) is 0 Å². The number of hydrogen-bond acceptors (Lipinski definition) is 7. The highest BCUT2D eigenvalue weighted by atomic mass is 16.5. The van der Waals surface area contributed by atoms with Crippen LogP contribution in [0.2, 0.25) is 0 Å². The number of carboxylic acid groups (broad SMARTS) is 1. The van der Waals surface area contributed by atoms with Crippen LogP contribution in [0.4, 0.5) is 0 Å². The van der Waals surface area contributed by atoms with Crippen LogP contribution in [0.3, 0.4) is 0 Å². The first kappa shape index (κ1) is 39.0. The second-order valence-corrected chi connectivity index (χ2v) is 11.5. The summed E-state index contributed by atoms with van der Waals surface area (Å²) >= 11 is 0. The van der Waals surface area contributed by atoms with Gasteiger partial charge in [0.25, 0.3) is 0 Å². The van der Waals surface area contributed by atoms with Gasteiger partial charge in [0.1, 0.15) is 11.5 Å². The standard InChI is InChI=1S/C22H20N2O2.C13H14N2O.C9H8O2/c1-17(24-21(25)14-13-18-8-3-2-4-9-18)19-10-7-11-20(16-19)26-22-12-5-6-15-23-22;1-10(14)11-5-4-6-12(9-11)16-13-7-2-3-8-15-13;10-9(11)7-6-8-4-2-1-3-5-8/h2-17H,1H3,(H,24,25);2-10H,14H2,1H3;1-7H,(H,10,11)/b14-13+;;7-6+/t17-;10-;/m00./s1. The molecule has 9 nitrogen and oxygen atoms in total. The Labute approximate surface area is 310 Å². The number of nitrogens with zero attached hydrogens (tertiary/aromatic N) is 2. The van der Waals surface area contributed by atoms with E-state index in [4.69, 9.17) is 20.3 Å². The molecule has 0 fully saturated rings. The van der Waals surface area contributed by atoms with Crippen molar-refractivity contribution in [2.45, 2.75) is 25.9 Å². The Morgan fingerprint density at radius 3 is 1.57 bits per heavy atom. The van der Waals surface area contributed by atoms with E-state index < -0.39 is 5.97 Å². The van der Waals surface area contributed by atoms with E-state index in [0.717, 1.165) is 34.1 Å². The van der Waals surface area contributed by atoms with Crippen LogP contribution < -0.4 is 20.5 Å². The van der Waals surface area contributed by atoms with E-state index >= 15 is 0 Å². The van der Waals surface area contributed by atoms with E-state index in [0.29, 0.717) is 17.5 Å². The summed E-state index contributed by atoms with van der Waals surface area (Å²) in [6.07, 6.45) is 9.40. The molecule has 6 rings (SSSR count). The number of carbonyl (C=O) groups excluding carboxylic acids is 1. The topological polar surface area (TPSA) is 137 Å². The number of ether oxygens (including phenoxy) is 2. The highest BCUT2D eigenvalue weighted by molar-refractivity contribution is 5.92. The van der Waals surface area contributed by atoms with Crippen LogP contribution in [0.25, 0.3) is 12.2 Å². The minimum atomic E-state index is -0.922. The van der Waals surface area contributed by atoms with Crippen molar-refractivity contribution in [3.63, 3.8) is 0 Å². The number of nitrogens with two attached hydrogens (primary N) is 1. The molecule has 2 heterocycles. The Bertz CT molecular complexity index is 2040. The van der Waals surface area contributed by atoms with Gasteiger partial charge in [-0.25, -0.2) is 14.8 Å². The van der Waals surface area contributed by atoms with Crippen molar-refractivity contribution < 1.29 is 24.2 Å². The van der Waals surface area contributed by atoms with Crippen molar-refractivity contribution in [3.8, 4) is 23.3 Å². The van der Waals surface area contributed by atoms with Gasteiger partial charge in [-0.3, -0.25) is 4.79 Å². The summed E-state index contributed by atoms with van der Waals surface area (Å²) < 4.78 is 11.3. The third kappa shape index (κ3) is 14.9. The fourth-order valence-electron chi connectivity index (χ4n) is 4.58. The molecule has 0 spiro atoms. The van der Waals surface area contributed by atoms with Crippen LogP contribution in [0.5, 0.6) is 23.3 Å². The number of hydrogen-bond donors (Lipinski definition) is 3. The molecule has 4 N–H and O–H groups in total. The van der Waals surface area contributed by atoms with Gasteiger partial charge in [-0.2, -0.15) is 0 Å². The minimum absolute atomic E-state index is 0.00674. The number of amides is 1. The molecule has 53 heavy (non-hydrogen) atoms. The predicted octanol–water partition coefficient (Wildman–Crippen LogP) is 9.44. The maximum absolute atomic E-state index is 12.1. The van der Waals surface area contributed by atoms with Crippen LogP contribution in [0.15, 0.2) is 170 Å². The highest BCUT2D eigenvalue weighted by Crippen LogP contribution is 2.24. The molecular formula is C44H42N4O5. The van der Waals surface area contributed by atoms with E-state index in [2.05, 4.69) is 15.3 Å². The van der Waals surface area contributed by atoms with Gasteiger partial charge in [0.2, 0.25) is 17.7 Å². The van der Waals surface area contributed by atoms with Gasteiger partial charge in [0.15, 0.2) is 0 Å². The van der Waals surface area contributed by atoms with Crippen molar-refractivity contribution in [3.05, 3.63) is 192 Å². The lowest BCUT2D eigenvalue weighted by molar-refractivity contribution is -0.131. The number of benzene rings is 4. The quantitative estimate of drug-likeness (QED) is 0.113. The predicted molar refractivity (Wildman–Crippen MR) is 209 cm³/mol. The van der Waals surface area contributed by atoms with Gasteiger partial charge >= 0.3 is 5.97 Å². The lowest BCUT2D eigenvalue weighted by atomic mass is 10.1. The second-order valence-electron chi connectivity index (χ2n) is 11.5. The number of aliphatic carboxylic acids is 1. The number of nitrogens with one attached hydrogen (secondary N) is 1. The van der Waals surface area contributed by atoms with Gasteiger partial charge in [-0.15, -0.1) is 0 Å². The third-order valence-electron chi connectivity index (χ3n) is 7.27. The SMILES string of the molecule is C[C@H](N)c1cccc(Oc2ccccn2)c1.C[C@H](NC(=O)/C=C/c1ccccc1)c1cccc(Oc2ccccn2)c1.O=C(O)/C=C/c1ccccc1. The third-order valence-corrected chi connectivity index (χ3v) is 7.27.